The molecule has 2 atom stereocenters. The number of likely N-dealkylation sites (N-methyl/N-ethyl adjacent to an activating group) is 1. The fourth-order valence-corrected chi connectivity index (χ4v) is 10.9. The van der Waals surface area contributed by atoms with Gasteiger partial charge in [0.25, 0.3) is 0 Å². The standard InChI is InChI=1S/C73H134NO8P/c1-6-8-10-12-14-16-18-20-22-24-26-28-30-32-34-35-36-37-38-40-41-43-45-47-49-51-53-55-57-59-61-63-65-72(75)79-69-71(70-81-83(77,78)80-68-67-74(3,4)5)82-73(76)66-64-62-60-58-56-54-52-50-48-46-44-42-39-33-31-29-27-25-23-21-19-17-15-13-11-9-7-2/h9,11,15,17,21,23,27,29,33,39,44,46,71H,6-8,10,12-14,16,18-20,22,24-26,28,30-32,34-38,40-43,45,47-70H2,1-5H3/p+1/b11-9-,17-15-,23-21-,29-27-,39-33-,46-44-. The number of carbonyl (C=O) groups is 2. The summed E-state index contributed by atoms with van der Waals surface area (Å²) >= 11 is 0. The highest BCUT2D eigenvalue weighted by Crippen LogP contribution is 2.43. The molecule has 10 heteroatoms. The summed E-state index contributed by atoms with van der Waals surface area (Å²) in [6.45, 7) is 4.36. The molecule has 484 valence electrons. The number of nitrogens with zero attached hydrogens (tertiary/aromatic N) is 1. The van der Waals surface area contributed by atoms with E-state index in [0.717, 1.165) is 83.5 Å². The first kappa shape index (κ1) is 80.5. The minimum absolute atomic E-state index is 0.0285. The maximum atomic E-state index is 12.9. The lowest BCUT2D eigenvalue weighted by atomic mass is 10.0. The zero-order valence-corrected chi connectivity index (χ0v) is 56.1. The molecular formula is C73H135NO8P+. The maximum Gasteiger partial charge on any atom is 0.472 e. The summed E-state index contributed by atoms with van der Waals surface area (Å²) in [4.78, 5) is 35.9. The Bertz CT molecular complexity index is 1630. The zero-order valence-electron chi connectivity index (χ0n) is 55.2. The van der Waals surface area contributed by atoms with Gasteiger partial charge in [0.05, 0.1) is 27.7 Å². The van der Waals surface area contributed by atoms with Crippen LogP contribution in [0.2, 0.25) is 0 Å². The Kier molecular flexibility index (Phi) is 62.0. The molecule has 0 rings (SSSR count). The van der Waals surface area contributed by atoms with Crippen LogP contribution in [0.5, 0.6) is 0 Å². The van der Waals surface area contributed by atoms with Gasteiger partial charge in [0.2, 0.25) is 0 Å². The van der Waals surface area contributed by atoms with Crippen LogP contribution in [-0.2, 0) is 32.7 Å². The summed E-state index contributed by atoms with van der Waals surface area (Å²) in [5, 5.41) is 0. The molecule has 2 unspecified atom stereocenters. The van der Waals surface area contributed by atoms with Crippen molar-refractivity contribution in [3.8, 4) is 0 Å². The van der Waals surface area contributed by atoms with E-state index >= 15 is 0 Å². The van der Waals surface area contributed by atoms with Crippen LogP contribution in [0.25, 0.3) is 0 Å². The second-order valence-corrected chi connectivity index (χ2v) is 26.4. The molecule has 0 aliphatic carbocycles. The van der Waals surface area contributed by atoms with Crippen molar-refractivity contribution in [2.24, 2.45) is 0 Å². The van der Waals surface area contributed by atoms with E-state index in [1.165, 1.54) is 212 Å². The van der Waals surface area contributed by atoms with E-state index in [2.05, 4.69) is 86.8 Å². The van der Waals surface area contributed by atoms with Crippen LogP contribution in [0, 0.1) is 0 Å². The molecule has 0 aromatic heterocycles. The number of ether oxygens (including phenoxy) is 2. The van der Waals surface area contributed by atoms with Crippen LogP contribution >= 0.6 is 7.82 Å². The summed E-state index contributed by atoms with van der Waals surface area (Å²) in [5.41, 5.74) is 0. The lowest BCUT2D eigenvalue weighted by molar-refractivity contribution is -0.870. The molecule has 0 radical (unpaired) electrons. The number of phosphoric ester groups is 1. The van der Waals surface area contributed by atoms with E-state index in [9.17, 15) is 19.0 Å². The molecular weight excluding hydrogens is 1050 g/mol. The third kappa shape index (κ3) is 68.4. The maximum absolute atomic E-state index is 12.9. The van der Waals surface area contributed by atoms with Crippen LogP contribution < -0.4 is 0 Å². The molecule has 0 aliphatic heterocycles. The van der Waals surface area contributed by atoms with Crippen LogP contribution in [0.4, 0.5) is 0 Å². The van der Waals surface area contributed by atoms with Gasteiger partial charge in [-0.2, -0.15) is 0 Å². The number of phosphoric acid groups is 1. The van der Waals surface area contributed by atoms with Crippen molar-refractivity contribution in [1.82, 2.24) is 0 Å². The summed E-state index contributed by atoms with van der Waals surface area (Å²) in [6.07, 6.45) is 85.9. The van der Waals surface area contributed by atoms with Crippen molar-refractivity contribution >= 4 is 19.8 Å². The molecule has 0 amide bonds. The average Bonchev–Trinajstić information content (AvgIpc) is 3.49. The van der Waals surface area contributed by atoms with Crippen LogP contribution in [-0.4, -0.2) is 74.9 Å². The quantitative estimate of drug-likeness (QED) is 0.0211. The fourth-order valence-electron chi connectivity index (χ4n) is 10.1. The predicted molar refractivity (Wildman–Crippen MR) is 358 cm³/mol. The molecule has 0 aromatic carbocycles. The lowest BCUT2D eigenvalue weighted by Crippen LogP contribution is -2.37. The molecule has 0 aromatic rings. The number of allylic oxidation sites excluding steroid dienone is 12. The van der Waals surface area contributed by atoms with E-state index in [1.807, 2.05) is 21.1 Å². The van der Waals surface area contributed by atoms with Crippen LogP contribution in [0.3, 0.4) is 0 Å². The van der Waals surface area contributed by atoms with Crippen LogP contribution in [0.15, 0.2) is 72.9 Å². The van der Waals surface area contributed by atoms with Crippen molar-refractivity contribution in [3.63, 3.8) is 0 Å². The summed E-state index contributed by atoms with van der Waals surface area (Å²) < 4.78 is 34.7. The highest BCUT2D eigenvalue weighted by molar-refractivity contribution is 7.47. The number of hydrogen-bond acceptors (Lipinski definition) is 7. The Morgan fingerprint density at radius 3 is 1.02 bits per heavy atom. The van der Waals surface area contributed by atoms with Crippen molar-refractivity contribution < 1.29 is 42.1 Å². The number of carbonyl (C=O) groups excluding carboxylic acids is 2. The summed E-state index contributed by atoms with van der Waals surface area (Å²) in [6, 6.07) is 0. The molecule has 0 saturated carbocycles. The highest BCUT2D eigenvalue weighted by Gasteiger charge is 2.27. The van der Waals surface area contributed by atoms with Gasteiger partial charge in [0, 0.05) is 12.8 Å². The van der Waals surface area contributed by atoms with Crippen molar-refractivity contribution in [1.29, 1.82) is 0 Å². The van der Waals surface area contributed by atoms with E-state index in [1.54, 1.807) is 0 Å². The summed E-state index contributed by atoms with van der Waals surface area (Å²) in [5.74, 6) is -0.796. The van der Waals surface area contributed by atoms with Crippen molar-refractivity contribution in [2.45, 2.75) is 335 Å². The topological polar surface area (TPSA) is 108 Å². The molecule has 9 nitrogen and oxygen atoms in total. The predicted octanol–water partition coefficient (Wildman–Crippen LogP) is 22.8. The number of rotatable bonds is 65. The van der Waals surface area contributed by atoms with Gasteiger partial charge in [0.1, 0.15) is 19.8 Å². The average molecular weight is 1190 g/mol. The SMILES string of the molecule is CC/C=C\C/C=C\C/C=C\C/C=C\C/C=C\C/C=C\CCCCCCCCCCC(=O)OC(COC(=O)CCCCCCCCCCCCCCCCCCCCCCCCCCCCCCCCCC)COP(=O)(O)OCC[N+](C)(C)C. The van der Waals surface area contributed by atoms with E-state index in [-0.39, 0.29) is 32.0 Å². The normalized spacial score (nSPS) is 13.6. The smallest absolute Gasteiger partial charge is 0.462 e. The van der Waals surface area contributed by atoms with Gasteiger partial charge in [-0.25, -0.2) is 4.57 Å². The molecule has 0 spiro atoms. The van der Waals surface area contributed by atoms with E-state index in [0.29, 0.717) is 17.4 Å². The molecule has 0 fully saturated rings. The third-order valence-corrected chi connectivity index (χ3v) is 16.5. The van der Waals surface area contributed by atoms with Gasteiger partial charge in [-0.05, 0) is 64.2 Å². The van der Waals surface area contributed by atoms with Gasteiger partial charge < -0.3 is 18.9 Å². The van der Waals surface area contributed by atoms with E-state index < -0.39 is 26.5 Å². The Labute approximate surface area is 514 Å². The minimum atomic E-state index is -4.40. The van der Waals surface area contributed by atoms with Crippen LogP contribution in [0.1, 0.15) is 328 Å². The van der Waals surface area contributed by atoms with Crippen molar-refractivity contribution in [2.75, 3.05) is 47.5 Å². The fraction of sp³-hybridized carbons (Fsp3) is 0.808. The Morgan fingerprint density at radius 2 is 0.687 bits per heavy atom. The minimum Gasteiger partial charge on any atom is -0.462 e. The van der Waals surface area contributed by atoms with Gasteiger partial charge in [-0.15, -0.1) is 0 Å². The Morgan fingerprint density at radius 1 is 0.386 bits per heavy atom. The van der Waals surface area contributed by atoms with Crippen molar-refractivity contribution in [3.05, 3.63) is 72.9 Å². The lowest BCUT2D eigenvalue weighted by Gasteiger charge is -2.24. The third-order valence-electron chi connectivity index (χ3n) is 15.5. The van der Waals surface area contributed by atoms with Gasteiger partial charge in [-0.1, -0.05) is 324 Å². The van der Waals surface area contributed by atoms with Gasteiger partial charge in [-0.3, -0.25) is 18.6 Å². The first-order valence-corrected chi connectivity index (χ1v) is 36.7. The first-order valence-electron chi connectivity index (χ1n) is 35.2. The Balaban J connectivity index is 4.03. The Hall–Kier alpha value is -2.55. The molecule has 1 N–H and O–H groups in total. The molecule has 0 saturated heterocycles. The summed E-state index contributed by atoms with van der Waals surface area (Å²) in [7, 11) is 1.48. The number of quaternary nitrogens is 1. The zero-order chi connectivity index (χ0) is 60.5. The van der Waals surface area contributed by atoms with Gasteiger partial charge >= 0.3 is 19.8 Å². The largest absolute Gasteiger partial charge is 0.472 e. The van der Waals surface area contributed by atoms with E-state index in [4.69, 9.17) is 18.5 Å². The number of unbranched alkanes of at least 4 members (excludes halogenated alkanes) is 39. The second-order valence-electron chi connectivity index (χ2n) is 24.9. The number of esters is 2. The first-order chi connectivity index (χ1) is 40.5. The highest BCUT2D eigenvalue weighted by atomic mass is 31.2. The number of hydrogen-bond donors (Lipinski definition) is 1. The monoisotopic (exact) mass is 1180 g/mol. The molecule has 0 bridgehead atoms. The second kappa shape index (κ2) is 63.9. The van der Waals surface area contributed by atoms with Gasteiger partial charge in [0.15, 0.2) is 6.10 Å². The molecule has 0 aliphatic rings. The molecule has 83 heavy (non-hydrogen) atoms. The molecule has 0 heterocycles.